The molecule has 1 aromatic heterocycles. The largest absolute Gasteiger partial charge is 0.342 e. The fourth-order valence-corrected chi connectivity index (χ4v) is 1.52. The lowest BCUT2D eigenvalue weighted by molar-refractivity contribution is -0.732. The quantitative estimate of drug-likeness (QED) is 0.497. The molecule has 0 aliphatic carbocycles. The van der Waals surface area contributed by atoms with Crippen molar-refractivity contribution in [3.63, 3.8) is 0 Å². The lowest BCUT2D eigenvalue weighted by Crippen LogP contribution is -2.32. The Hall–Kier alpha value is -1.34. The molecular weight excluding hydrogens is 202 g/mol. The van der Waals surface area contributed by atoms with Crippen LogP contribution in [-0.2, 0) is 18.0 Å². The van der Waals surface area contributed by atoms with Gasteiger partial charge >= 0.3 is 0 Å². The number of hydrogen-bond acceptors (Lipinski definition) is 2. The molecule has 0 aliphatic heterocycles. The number of imidazole rings is 1. The van der Waals surface area contributed by atoms with Crippen LogP contribution in [0.5, 0.6) is 0 Å². The molecule has 16 heavy (non-hydrogen) atoms. The Morgan fingerprint density at radius 1 is 1.38 bits per heavy atom. The highest BCUT2D eigenvalue weighted by molar-refractivity contribution is 4.69. The minimum absolute atomic E-state index is 0.623. The fraction of sp³-hybridized carbons (Fsp3) is 0.667. The third-order valence-corrected chi connectivity index (χ3v) is 2.40. The van der Waals surface area contributed by atoms with Gasteiger partial charge in [0.15, 0.2) is 6.73 Å². The molecule has 0 saturated heterocycles. The van der Waals surface area contributed by atoms with E-state index in [1.165, 1.54) is 0 Å². The van der Waals surface area contributed by atoms with Crippen LogP contribution in [0.4, 0.5) is 0 Å². The molecule has 1 heterocycles. The molecule has 0 atom stereocenters. The highest BCUT2D eigenvalue weighted by atomic mass is 16.5. The number of aryl methyl sites for hydroxylation is 1. The van der Waals surface area contributed by atoms with Crippen LogP contribution in [0.25, 0.3) is 0 Å². The van der Waals surface area contributed by atoms with Crippen LogP contribution >= 0.6 is 0 Å². The second-order valence-corrected chi connectivity index (χ2v) is 3.76. The lowest BCUT2D eigenvalue weighted by Gasteiger charge is -1.96. The topological polar surface area (TPSA) is 41.8 Å². The van der Waals surface area contributed by atoms with E-state index in [9.17, 15) is 0 Å². The van der Waals surface area contributed by atoms with E-state index >= 15 is 0 Å². The Balaban J connectivity index is 2.17. The minimum atomic E-state index is 0.623. The molecule has 0 aromatic carbocycles. The van der Waals surface area contributed by atoms with Gasteiger partial charge in [-0.05, 0) is 26.2 Å². The highest BCUT2D eigenvalue weighted by Crippen LogP contribution is 2.00. The maximum absolute atomic E-state index is 8.40. The van der Waals surface area contributed by atoms with E-state index in [2.05, 4.69) is 23.2 Å². The third-order valence-electron chi connectivity index (χ3n) is 2.40. The summed E-state index contributed by atoms with van der Waals surface area (Å²) in [5, 5.41) is 8.40. The first kappa shape index (κ1) is 12.7. The molecule has 0 fully saturated rings. The summed E-state index contributed by atoms with van der Waals surface area (Å²) < 4.78 is 9.49. The van der Waals surface area contributed by atoms with Crippen LogP contribution in [0, 0.1) is 11.3 Å². The van der Waals surface area contributed by atoms with Crippen LogP contribution < -0.4 is 4.57 Å². The molecule has 0 bridgehead atoms. The summed E-state index contributed by atoms with van der Waals surface area (Å²) in [6.45, 7) is 4.38. The fourth-order valence-electron chi connectivity index (χ4n) is 1.52. The SMILES string of the molecule is CCOC[n+]1ccn(CCCCCC#N)c1. The first-order chi connectivity index (χ1) is 7.86. The molecule has 88 valence electrons. The predicted octanol–water partition coefficient (Wildman–Crippen LogP) is 1.85. The Kier molecular flexibility index (Phi) is 6.28. The van der Waals surface area contributed by atoms with Crippen molar-refractivity contribution in [3.8, 4) is 6.07 Å². The monoisotopic (exact) mass is 222 g/mol. The number of aromatic nitrogens is 2. The Bertz CT molecular complexity index is 327. The number of nitriles is 1. The summed E-state index contributed by atoms with van der Waals surface area (Å²) in [5.41, 5.74) is 0. The Morgan fingerprint density at radius 3 is 3.00 bits per heavy atom. The molecule has 0 spiro atoms. The van der Waals surface area contributed by atoms with Gasteiger partial charge in [0.2, 0.25) is 6.33 Å². The van der Waals surface area contributed by atoms with E-state index in [0.717, 1.165) is 32.4 Å². The van der Waals surface area contributed by atoms with E-state index in [1.807, 2.05) is 17.7 Å². The van der Waals surface area contributed by atoms with Gasteiger partial charge in [-0.1, -0.05) is 0 Å². The summed E-state index contributed by atoms with van der Waals surface area (Å²) in [6, 6.07) is 2.17. The summed E-state index contributed by atoms with van der Waals surface area (Å²) in [7, 11) is 0. The molecule has 0 amide bonds. The van der Waals surface area contributed by atoms with Crippen LogP contribution in [-0.4, -0.2) is 11.2 Å². The second-order valence-electron chi connectivity index (χ2n) is 3.76. The highest BCUT2D eigenvalue weighted by Gasteiger charge is 2.02. The number of nitrogens with zero attached hydrogens (tertiary/aromatic N) is 3. The van der Waals surface area contributed by atoms with Crippen molar-refractivity contribution in [2.24, 2.45) is 0 Å². The predicted molar refractivity (Wildman–Crippen MR) is 60.3 cm³/mol. The van der Waals surface area contributed by atoms with Crippen LogP contribution in [0.2, 0.25) is 0 Å². The average molecular weight is 222 g/mol. The van der Waals surface area contributed by atoms with Gasteiger partial charge < -0.3 is 4.74 Å². The molecule has 0 N–H and O–H groups in total. The third kappa shape index (κ3) is 4.94. The number of unbranched alkanes of at least 4 members (excludes halogenated alkanes) is 3. The number of ether oxygens (including phenoxy) is 1. The van der Waals surface area contributed by atoms with Crippen molar-refractivity contribution >= 4 is 0 Å². The molecule has 4 nitrogen and oxygen atoms in total. The van der Waals surface area contributed by atoms with Crippen LogP contribution in [0.3, 0.4) is 0 Å². The summed E-state index contributed by atoms with van der Waals surface area (Å²) in [4.78, 5) is 0. The molecule has 1 rings (SSSR count). The number of rotatable bonds is 8. The van der Waals surface area contributed by atoms with Crippen molar-refractivity contribution in [2.75, 3.05) is 6.61 Å². The van der Waals surface area contributed by atoms with Gasteiger partial charge in [0, 0.05) is 13.0 Å². The summed E-state index contributed by atoms with van der Waals surface area (Å²) in [5.74, 6) is 0. The van der Waals surface area contributed by atoms with E-state index in [4.69, 9.17) is 10.00 Å². The van der Waals surface area contributed by atoms with Gasteiger partial charge in [-0.2, -0.15) is 5.26 Å². The van der Waals surface area contributed by atoms with Crippen molar-refractivity contribution in [1.82, 2.24) is 4.57 Å². The van der Waals surface area contributed by atoms with Crippen LogP contribution in [0.1, 0.15) is 32.6 Å². The first-order valence-electron chi connectivity index (χ1n) is 5.86. The maximum atomic E-state index is 8.40. The molecule has 0 saturated carbocycles. The van der Waals surface area contributed by atoms with Gasteiger partial charge in [-0.3, -0.25) is 0 Å². The maximum Gasteiger partial charge on any atom is 0.245 e. The zero-order chi connectivity index (χ0) is 11.6. The standard InChI is InChI=1S/C12H20N3O/c1-2-16-12-15-10-9-14(11-15)8-6-4-3-5-7-13/h9-11H,2-6,8,12H2,1H3/q+1. The normalized spacial score (nSPS) is 10.2. The van der Waals surface area contributed by atoms with Crippen molar-refractivity contribution in [3.05, 3.63) is 18.7 Å². The van der Waals surface area contributed by atoms with Crippen molar-refractivity contribution in [2.45, 2.75) is 45.9 Å². The summed E-state index contributed by atoms with van der Waals surface area (Å²) in [6.07, 6.45) is 10.1. The molecule has 0 unspecified atom stereocenters. The average Bonchev–Trinajstić information content (AvgIpc) is 2.74. The molecular formula is C12H20N3O+. The molecule has 1 aromatic rings. The first-order valence-corrected chi connectivity index (χ1v) is 5.86. The Labute approximate surface area is 97.1 Å². The van der Waals surface area contributed by atoms with Crippen molar-refractivity contribution < 1.29 is 9.30 Å². The number of hydrogen-bond donors (Lipinski definition) is 0. The van der Waals surface area contributed by atoms with Crippen molar-refractivity contribution in [1.29, 1.82) is 5.26 Å². The van der Waals surface area contributed by atoms with E-state index in [-0.39, 0.29) is 0 Å². The van der Waals surface area contributed by atoms with E-state index in [1.54, 1.807) is 0 Å². The smallest absolute Gasteiger partial charge is 0.245 e. The van der Waals surface area contributed by atoms with E-state index < -0.39 is 0 Å². The van der Waals surface area contributed by atoms with E-state index in [0.29, 0.717) is 13.2 Å². The zero-order valence-electron chi connectivity index (χ0n) is 9.93. The van der Waals surface area contributed by atoms with Gasteiger partial charge in [0.25, 0.3) is 0 Å². The molecule has 4 heteroatoms. The lowest BCUT2D eigenvalue weighted by atomic mass is 10.2. The van der Waals surface area contributed by atoms with Gasteiger partial charge in [-0.25, -0.2) is 9.13 Å². The van der Waals surface area contributed by atoms with Gasteiger partial charge in [-0.15, -0.1) is 0 Å². The second kappa shape index (κ2) is 7.89. The zero-order valence-corrected chi connectivity index (χ0v) is 9.93. The minimum Gasteiger partial charge on any atom is -0.342 e. The Morgan fingerprint density at radius 2 is 2.25 bits per heavy atom. The molecule has 0 radical (unpaired) electrons. The summed E-state index contributed by atoms with van der Waals surface area (Å²) >= 11 is 0. The van der Waals surface area contributed by atoms with Gasteiger partial charge in [0.05, 0.1) is 12.6 Å². The van der Waals surface area contributed by atoms with Crippen LogP contribution in [0.15, 0.2) is 18.7 Å². The molecule has 0 aliphatic rings. The van der Waals surface area contributed by atoms with Gasteiger partial charge in [0.1, 0.15) is 12.4 Å².